The van der Waals surface area contributed by atoms with Gasteiger partial charge in [0.1, 0.15) is 18.7 Å². The number of hydrogen-bond acceptors (Lipinski definition) is 7. The molecular formula is C18H17N7O2. The van der Waals surface area contributed by atoms with Crippen LogP contribution >= 0.6 is 0 Å². The molecule has 9 nitrogen and oxygen atoms in total. The fourth-order valence-electron chi connectivity index (χ4n) is 2.78. The zero-order valence-corrected chi connectivity index (χ0v) is 14.8. The summed E-state index contributed by atoms with van der Waals surface area (Å²) < 4.78 is 8.02. The van der Waals surface area contributed by atoms with Crippen molar-refractivity contribution >= 4 is 28.5 Å². The first-order valence-corrected chi connectivity index (χ1v) is 8.28. The summed E-state index contributed by atoms with van der Waals surface area (Å²) in [5, 5.41) is 12.6. The molecule has 136 valence electrons. The third-order valence-corrected chi connectivity index (χ3v) is 4.20. The molecule has 0 radical (unpaired) electrons. The molecule has 1 N–H and O–H groups in total. The number of nitrogens with one attached hydrogen (secondary N) is 1. The number of fused-ring (bicyclic) bond motifs is 1. The molecule has 0 saturated heterocycles. The van der Waals surface area contributed by atoms with Crippen LogP contribution in [0.15, 0.2) is 49.1 Å². The minimum Gasteiger partial charge on any atom is -0.468 e. The summed E-state index contributed by atoms with van der Waals surface area (Å²) in [6.45, 7) is 1.96. The Kier molecular flexibility index (Phi) is 4.25. The molecule has 27 heavy (non-hydrogen) atoms. The van der Waals surface area contributed by atoms with Crippen LogP contribution in [0.4, 0.5) is 11.5 Å². The van der Waals surface area contributed by atoms with Crippen LogP contribution in [-0.4, -0.2) is 42.6 Å². The van der Waals surface area contributed by atoms with E-state index >= 15 is 0 Å². The highest BCUT2D eigenvalue weighted by molar-refractivity contribution is 5.89. The Hall–Kier alpha value is -3.75. The molecule has 0 aliphatic heterocycles. The third kappa shape index (κ3) is 3.10. The van der Waals surface area contributed by atoms with E-state index in [0.717, 1.165) is 17.1 Å². The lowest BCUT2D eigenvalue weighted by atomic mass is 10.3. The second kappa shape index (κ2) is 6.87. The first-order chi connectivity index (χ1) is 13.2. The summed E-state index contributed by atoms with van der Waals surface area (Å²) in [5.41, 5.74) is 3.28. The Labute approximate surface area is 154 Å². The molecule has 0 spiro atoms. The van der Waals surface area contributed by atoms with Gasteiger partial charge in [0.05, 0.1) is 42.0 Å². The molecule has 0 unspecified atom stereocenters. The molecule has 3 aromatic heterocycles. The number of rotatable bonds is 5. The Balaban J connectivity index is 1.67. The van der Waals surface area contributed by atoms with Crippen molar-refractivity contribution in [3.8, 4) is 5.69 Å². The van der Waals surface area contributed by atoms with E-state index in [1.165, 1.54) is 18.1 Å². The minimum absolute atomic E-state index is 0.0125. The maximum absolute atomic E-state index is 11.5. The number of esters is 1. The van der Waals surface area contributed by atoms with Gasteiger partial charge in [0, 0.05) is 0 Å². The van der Waals surface area contributed by atoms with Crippen molar-refractivity contribution in [1.29, 1.82) is 0 Å². The molecule has 9 heteroatoms. The average molecular weight is 363 g/mol. The zero-order chi connectivity index (χ0) is 18.8. The fourth-order valence-corrected chi connectivity index (χ4v) is 2.78. The van der Waals surface area contributed by atoms with E-state index in [-0.39, 0.29) is 6.54 Å². The first kappa shape index (κ1) is 16.7. The number of hydrogen-bond donors (Lipinski definition) is 1. The van der Waals surface area contributed by atoms with Gasteiger partial charge >= 0.3 is 5.97 Å². The lowest BCUT2D eigenvalue weighted by Crippen LogP contribution is -2.13. The Morgan fingerprint density at radius 3 is 2.74 bits per heavy atom. The number of anilines is 2. The molecule has 0 aliphatic carbocycles. The van der Waals surface area contributed by atoms with Gasteiger partial charge in [0.25, 0.3) is 0 Å². The van der Waals surface area contributed by atoms with Gasteiger partial charge in [0.15, 0.2) is 5.65 Å². The molecule has 4 rings (SSSR count). The summed E-state index contributed by atoms with van der Waals surface area (Å²) in [6.07, 6.45) is 4.80. The van der Waals surface area contributed by atoms with Gasteiger partial charge in [-0.25, -0.2) is 19.3 Å². The number of carbonyl (C=O) groups excluding carboxylic acids is 1. The highest BCUT2D eigenvalue weighted by atomic mass is 16.5. The number of carbonyl (C=O) groups is 1. The normalized spacial score (nSPS) is 10.9. The van der Waals surface area contributed by atoms with Crippen LogP contribution in [0.25, 0.3) is 16.7 Å². The summed E-state index contributed by atoms with van der Waals surface area (Å²) in [7, 11) is 1.34. The van der Waals surface area contributed by atoms with Crippen LogP contribution in [0.1, 0.15) is 5.69 Å². The van der Waals surface area contributed by atoms with Crippen LogP contribution in [0, 0.1) is 6.92 Å². The molecule has 3 heterocycles. The summed E-state index contributed by atoms with van der Waals surface area (Å²) >= 11 is 0. The topological polar surface area (TPSA) is 99.8 Å². The second-order valence-electron chi connectivity index (χ2n) is 5.85. The van der Waals surface area contributed by atoms with E-state index in [2.05, 4.69) is 30.2 Å². The largest absolute Gasteiger partial charge is 0.468 e. The van der Waals surface area contributed by atoms with Crippen molar-refractivity contribution in [2.45, 2.75) is 13.5 Å². The predicted octanol–water partition coefficient (Wildman–Crippen LogP) is 2.24. The second-order valence-corrected chi connectivity index (χ2v) is 5.85. The van der Waals surface area contributed by atoms with Crippen LogP contribution in [0.2, 0.25) is 0 Å². The SMILES string of the molecule is COC(=O)Cn1ncc2c(Nc3cnn(-c4ccccc4)c3C)ncnc21. The molecule has 0 aliphatic rings. The van der Waals surface area contributed by atoms with Crippen LogP contribution in [-0.2, 0) is 16.1 Å². The molecule has 0 saturated carbocycles. The highest BCUT2D eigenvalue weighted by Gasteiger charge is 2.15. The van der Waals surface area contributed by atoms with Crippen LogP contribution in [0.3, 0.4) is 0 Å². The van der Waals surface area contributed by atoms with Gasteiger partial charge in [-0.15, -0.1) is 0 Å². The van der Waals surface area contributed by atoms with Crippen molar-refractivity contribution < 1.29 is 9.53 Å². The lowest BCUT2D eigenvalue weighted by molar-refractivity contribution is -0.141. The standard InChI is InChI=1S/C18H17N7O2/c1-12-15(9-22-25(12)13-6-4-3-5-7-13)23-17-14-8-21-24(10-16(26)27-2)18(14)20-11-19-17/h3-9,11H,10H2,1-2H3,(H,19,20,23). The van der Waals surface area contributed by atoms with Gasteiger partial charge in [-0.3, -0.25) is 4.79 Å². The van der Waals surface area contributed by atoms with E-state index in [4.69, 9.17) is 0 Å². The van der Waals surface area contributed by atoms with Crippen molar-refractivity contribution in [3.05, 3.63) is 54.7 Å². The first-order valence-electron chi connectivity index (χ1n) is 8.28. The molecule has 4 aromatic rings. The van der Waals surface area contributed by atoms with Gasteiger partial charge in [-0.05, 0) is 19.1 Å². The van der Waals surface area contributed by atoms with Crippen molar-refractivity contribution in [2.75, 3.05) is 12.4 Å². The number of aromatic nitrogens is 6. The van der Waals surface area contributed by atoms with Crippen LogP contribution < -0.4 is 5.32 Å². The molecule has 1 aromatic carbocycles. The predicted molar refractivity (Wildman–Crippen MR) is 98.9 cm³/mol. The van der Waals surface area contributed by atoms with Crippen molar-refractivity contribution in [2.24, 2.45) is 0 Å². The van der Waals surface area contributed by atoms with E-state index in [1.54, 1.807) is 12.4 Å². The molecular weight excluding hydrogens is 346 g/mol. The summed E-state index contributed by atoms with van der Waals surface area (Å²) in [6, 6.07) is 9.87. The van der Waals surface area contributed by atoms with E-state index < -0.39 is 5.97 Å². The minimum atomic E-state index is -0.395. The van der Waals surface area contributed by atoms with Crippen LogP contribution in [0.5, 0.6) is 0 Å². The Bertz CT molecular complexity index is 1100. The van der Waals surface area contributed by atoms with Crippen molar-refractivity contribution in [3.63, 3.8) is 0 Å². The zero-order valence-electron chi connectivity index (χ0n) is 14.8. The maximum Gasteiger partial charge on any atom is 0.327 e. The van der Waals surface area contributed by atoms with Gasteiger partial charge in [0.2, 0.25) is 0 Å². The van der Waals surface area contributed by atoms with Crippen molar-refractivity contribution in [1.82, 2.24) is 29.5 Å². The fraction of sp³-hybridized carbons (Fsp3) is 0.167. The molecule has 0 atom stereocenters. The third-order valence-electron chi connectivity index (χ3n) is 4.20. The Morgan fingerprint density at radius 1 is 1.15 bits per heavy atom. The number of benzene rings is 1. The number of nitrogens with zero attached hydrogens (tertiary/aromatic N) is 6. The maximum atomic E-state index is 11.5. The average Bonchev–Trinajstić information content (AvgIpc) is 3.27. The molecule has 0 amide bonds. The molecule has 0 fully saturated rings. The van der Waals surface area contributed by atoms with E-state index in [0.29, 0.717) is 16.9 Å². The smallest absolute Gasteiger partial charge is 0.327 e. The monoisotopic (exact) mass is 363 g/mol. The molecule has 0 bridgehead atoms. The highest BCUT2D eigenvalue weighted by Crippen LogP contribution is 2.25. The number of methoxy groups -OCH3 is 1. The van der Waals surface area contributed by atoms with Gasteiger partial charge < -0.3 is 10.1 Å². The number of para-hydroxylation sites is 1. The van der Waals surface area contributed by atoms with E-state index in [9.17, 15) is 4.79 Å². The Morgan fingerprint density at radius 2 is 1.96 bits per heavy atom. The van der Waals surface area contributed by atoms with Gasteiger partial charge in [-0.2, -0.15) is 10.2 Å². The quantitative estimate of drug-likeness (QED) is 0.543. The number of ether oxygens (including phenoxy) is 1. The lowest BCUT2D eigenvalue weighted by Gasteiger charge is -2.08. The van der Waals surface area contributed by atoms with E-state index in [1.807, 2.05) is 41.9 Å². The summed E-state index contributed by atoms with van der Waals surface area (Å²) in [5.74, 6) is 0.194. The summed E-state index contributed by atoms with van der Waals surface area (Å²) in [4.78, 5) is 20.1. The van der Waals surface area contributed by atoms with Gasteiger partial charge in [-0.1, -0.05) is 18.2 Å².